The molecule has 2 aliphatic rings. The Hall–Kier alpha value is -2.08. The number of carbonyl (C=O) groups excluding carboxylic acids is 2. The molecule has 6 heteroatoms. The Labute approximate surface area is 168 Å². The van der Waals surface area contributed by atoms with Gasteiger partial charge in [0.2, 0.25) is 5.91 Å². The average Bonchev–Trinajstić information content (AvgIpc) is 2.97. The second-order valence-corrected chi connectivity index (χ2v) is 9.58. The first-order valence-electron chi connectivity index (χ1n) is 10.3. The standard InChI is InChI=1S/C22H34N4O2/c1-15(16-8-10-18(11-9-16)26-12-6-7-19(26)27)23-20(28)24-17-13-21(2,3)25-22(4,5)14-17/h8-11,15,17,25H,6-7,12-14H2,1-5H3,(H2,23,24,28). The summed E-state index contributed by atoms with van der Waals surface area (Å²) in [7, 11) is 0. The predicted octanol–water partition coefficient (Wildman–Crippen LogP) is 3.48. The lowest BCUT2D eigenvalue weighted by Gasteiger charge is -2.46. The van der Waals surface area contributed by atoms with Crippen molar-refractivity contribution >= 4 is 17.6 Å². The van der Waals surface area contributed by atoms with Crippen molar-refractivity contribution in [1.82, 2.24) is 16.0 Å². The normalized spacial score (nSPS) is 22.8. The van der Waals surface area contributed by atoms with Crippen LogP contribution in [-0.2, 0) is 4.79 Å². The highest BCUT2D eigenvalue weighted by molar-refractivity contribution is 5.95. The molecule has 28 heavy (non-hydrogen) atoms. The van der Waals surface area contributed by atoms with E-state index in [1.54, 1.807) is 0 Å². The summed E-state index contributed by atoms with van der Waals surface area (Å²) in [5.74, 6) is 0.186. The number of benzene rings is 1. The van der Waals surface area contributed by atoms with Crippen molar-refractivity contribution in [3.63, 3.8) is 0 Å². The van der Waals surface area contributed by atoms with Crippen molar-refractivity contribution in [3.8, 4) is 0 Å². The second-order valence-electron chi connectivity index (χ2n) is 9.58. The maximum absolute atomic E-state index is 12.5. The lowest BCUT2D eigenvalue weighted by Crippen LogP contribution is -2.62. The van der Waals surface area contributed by atoms with Crippen LogP contribution in [0.5, 0.6) is 0 Å². The van der Waals surface area contributed by atoms with Gasteiger partial charge in [0.25, 0.3) is 0 Å². The number of urea groups is 1. The topological polar surface area (TPSA) is 73.5 Å². The molecule has 0 radical (unpaired) electrons. The molecule has 3 rings (SSSR count). The first-order valence-corrected chi connectivity index (χ1v) is 10.3. The number of amides is 3. The van der Waals surface area contributed by atoms with Gasteiger partial charge in [-0.1, -0.05) is 12.1 Å². The second kappa shape index (κ2) is 7.74. The molecule has 2 heterocycles. The molecule has 3 amide bonds. The SMILES string of the molecule is CC(NC(=O)NC1CC(C)(C)NC(C)(C)C1)c1ccc(N2CCCC2=O)cc1. The highest BCUT2D eigenvalue weighted by Gasteiger charge is 2.38. The summed E-state index contributed by atoms with van der Waals surface area (Å²) in [5.41, 5.74) is 1.95. The van der Waals surface area contributed by atoms with Gasteiger partial charge in [0.15, 0.2) is 0 Å². The summed E-state index contributed by atoms with van der Waals surface area (Å²) < 4.78 is 0. The van der Waals surface area contributed by atoms with Crippen LogP contribution in [0.4, 0.5) is 10.5 Å². The van der Waals surface area contributed by atoms with Crippen LogP contribution in [0.1, 0.15) is 71.9 Å². The van der Waals surface area contributed by atoms with E-state index in [1.165, 1.54) is 0 Å². The van der Waals surface area contributed by atoms with Crippen molar-refractivity contribution in [1.29, 1.82) is 0 Å². The molecule has 0 aromatic heterocycles. The number of hydrogen-bond acceptors (Lipinski definition) is 3. The van der Waals surface area contributed by atoms with Crippen molar-refractivity contribution in [2.45, 2.75) is 83.5 Å². The smallest absolute Gasteiger partial charge is 0.315 e. The van der Waals surface area contributed by atoms with E-state index in [4.69, 9.17) is 0 Å². The lowest BCUT2D eigenvalue weighted by molar-refractivity contribution is -0.117. The van der Waals surface area contributed by atoms with E-state index in [0.29, 0.717) is 6.42 Å². The number of rotatable bonds is 4. The predicted molar refractivity (Wildman–Crippen MR) is 112 cm³/mol. The number of piperidine rings is 1. The molecule has 154 valence electrons. The average molecular weight is 387 g/mol. The molecule has 0 saturated carbocycles. The van der Waals surface area contributed by atoms with Crippen LogP contribution < -0.4 is 20.9 Å². The lowest BCUT2D eigenvalue weighted by atomic mass is 9.80. The summed E-state index contributed by atoms with van der Waals surface area (Å²) in [6.45, 7) is 11.5. The molecule has 1 aromatic carbocycles. The molecule has 3 N–H and O–H groups in total. The van der Waals surface area contributed by atoms with Gasteiger partial charge in [0.05, 0.1) is 6.04 Å². The van der Waals surface area contributed by atoms with E-state index in [1.807, 2.05) is 36.1 Å². The largest absolute Gasteiger partial charge is 0.335 e. The molecule has 0 aliphatic carbocycles. The fourth-order valence-corrected chi connectivity index (χ4v) is 4.80. The van der Waals surface area contributed by atoms with Crippen LogP contribution in [0.2, 0.25) is 0 Å². The molecule has 6 nitrogen and oxygen atoms in total. The van der Waals surface area contributed by atoms with E-state index in [0.717, 1.165) is 37.1 Å². The first-order chi connectivity index (χ1) is 13.0. The Morgan fingerprint density at radius 2 is 1.75 bits per heavy atom. The summed E-state index contributed by atoms with van der Waals surface area (Å²) in [5, 5.41) is 9.83. The Balaban J connectivity index is 1.56. The van der Waals surface area contributed by atoms with E-state index in [-0.39, 0.29) is 35.1 Å². The third-order valence-corrected chi connectivity index (χ3v) is 5.65. The third kappa shape index (κ3) is 5.04. The van der Waals surface area contributed by atoms with Crippen LogP contribution in [0, 0.1) is 0 Å². The Bertz CT molecular complexity index is 711. The van der Waals surface area contributed by atoms with Crippen LogP contribution >= 0.6 is 0 Å². The highest BCUT2D eigenvalue weighted by atomic mass is 16.2. The molecule has 0 spiro atoms. The fraction of sp³-hybridized carbons (Fsp3) is 0.636. The van der Waals surface area contributed by atoms with Gasteiger partial charge in [0, 0.05) is 35.8 Å². The van der Waals surface area contributed by atoms with Gasteiger partial charge in [-0.2, -0.15) is 0 Å². The zero-order valence-electron chi connectivity index (χ0n) is 17.8. The molecular weight excluding hydrogens is 352 g/mol. The fourth-order valence-electron chi connectivity index (χ4n) is 4.80. The number of carbonyl (C=O) groups is 2. The van der Waals surface area contributed by atoms with Crippen LogP contribution in [0.25, 0.3) is 0 Å². The quantitative estimate of drug-likeness (QED) is 0.742. The molecule has 1 unspecified atom stereocenters. The van der Waals surface area contributed by atoms with Gasteiger partial charge in [-0.25, -0.2) is 4.79 Å². The number of nitrogens with zero attached hydrogens (tertiary/aromatic N) is 1. The van der Waals surface area contributed by atoms with Gasteiger partial charge in [0.1, 0.15) is 0 Å². The van der Waals surface area contributed by atoms with E-state index in [2.05, 4.69) is 43.6 Å². The minimum absolute atomic E-state index is 0.00580. The van der Waals surface area contributed by atoms with E-state index >= 15 is 0 Å². The molecule has 2 fully saturated rings. The number of anilines is 1. The Morgan fingerprint density at radius 3 is 2.29 bits per heavy atom. The van der Waals surface area contributed by atoms with Crippen molar-refractivity contribution in [2.24, 2.45) is 0 Å². The summed E-state index contributed by atoms with van der Waals surface area (Å²) in [6.07, 6.45) is 3.35. The molecule has 0 bridgehead atoms. The van der Waals surface area contributed by atoms with Crippen LogP contribution in [0.15, 0.2) is 24.3 Å². The van der Waals surface area contributed by atoms with Gasteiger partial charge in [-0.05, 0) is 71.6 Å². The van der Waals surface area contributed by atoms with E-state index < -0.39 is 0 Å². The third-order valence-electron chi connectivity index (χ3n) is 5.65. The number of nitrogens with one attached hydrogen (secondary N) is 3. The zero-order valence-corrected chi connectivity index (χ0v) is 17.8. The highest BCUT2D eigenvalue weighted by Crippen LogP contribution is 2.28. The van der Waals surface area contributed by atoms with Crippen LogP contribution in [-0.4, -0.2) is 35.6 Å². The molecule has 1 atom stereocenters. The summed E-state index contributed by atoms with van der Waals surface area (Å²) in [4.78, 5) is 26.2. The van der Waals surface area contributed by atoms with Gasteiger partial charge in [-0.15, -0.1) is 0 Å². The molecule has 1 aromatic rings. The Kier molecular flexibility index (Phi) is 5.71. The van der Waals surface area contributed by atoms with Gasteiger partial charge >= 0.3 is 6.03 Å². The van der Waals surface area contributed by atoms with E-state index in [9.17, 15) is 9.59 Å². The minimum atomic E-state index is -0.134. The minimum Gasteiger partial charge on any atom is -0.335 e. The van der Waals surface area contributed by atoms with Crippen molar-refractivity contribution in [2.75, 3.05) is 11.4 Å². The zero-order chi connectivity index (χ0) is 20.5. The maximum Gasteiger partial charge on any atom is 0.315 e. The molecular formula is C22H34N4O2. The van der Waals surface area contributed by atoms with Crippen molar-refractivity contribution in [3.05, 3.63) is 29.8 Å². The monoisotopic (exact) mass is 386 g/mol. The first kappa shape index (κ1) is 20.6. The number of hydrogen-bond donors (Lipinski definition) is 3. The maximum atomic E-state index is 12.5. The summed E-state index contributed by atoms with van der Waals surface area (Å²) in [6, 6.07) is 7.81. The molecule has 2 saturated heterocycles. The Morgan fingerprint density at radius 1 is 1.14 bits per heavy atom. The van der Waals surface area contributed by atoms with Crippen molar-refractivity contribution < 1.29 is 9.59 Å². The molecule has 2 aliphatic heterocycles. The van der Waals surface area contributed by atoms with Crippen LogP contribution in [0.3, 0.4) is 0 Å². The van der Waals surface area contributed by atoms with Gasteiger partial charge in [-0.3, -0.25) is 4.79 Å². The van der Waals surface area contributed by atoms with Gasteiger partial charge < -0.3 is 20.9 Å². The summed E-state index contributed by atoms with van der Waals surface area (Å²) >= 11 is 0.